The first-order chi connectivity index (χ1) is 5.04. The summed E-state index contributed by atoms with van der Waals surface area (Å²) in [6.07, 6.45) is 0. The van der Waals surface area contributed by atoms with Crippen LogP contribution in [0.15, 0.2) is 4.52 Å². The van der Waals surface area contributed by atoms with Crippen molar-refractivity contribution in [1.82, 2.24) is 7.92 Å². The molecule has 0 aromatic carbocycles. The summed E-state index contributed by atoms with van der Waals surface area (Å²) in [5, 5.41) is 0. The maximum Gasteiger partial charge on any atom is 0.208 e. The lowest BCUT2D eigenvalue weighted by Crippen LogP contribution is -2.03. The van der Waals surface area contributed by atoms with Crippen molar-refractivity contribution >= 4 is 69.1 Å². The lowest BCUT2D eigenvalue weighted by molar-refractivity contribution is 1.05. The summed E-state index contributed by atoms with van der Waals surface area (Å²) in [5.41, 5.74) is 0. The van der Waals surface area contributed by atoms with Crippen molar-refractivity contribution in [3.05, 3.63) is 0 Å². The molecule has 0 N–H and O–H groups in total. The van der Waals surface area contributed by atoms with Gasteiger partial charge in [0.25, 0.3) is 0 Å². The van der Waals surface area contributed by atoms with E-state index in [-0.39, 0.29) is 0 Å². The van der Waals surface area contributed by atoms with Crippen molar-refractivity contribution in [2.75, 3.05) is 6.66 Å². The fraction of sp³-hybridized carbons (Fsp3) is 1.00. The molecule has 0 aromatic rings. The fourth-order valence-electron chi connectivity index (χ4n) is 0.438. The maximum absolute atomic E-state index is 5.86. The summed E-state index contributed by atoms with van der Waals surface area (Å²) in [4.78, 5) is 0. The molecule has 3 unspecified atom stereocenters. The van der Waals surface area contributed by atoms with Crippen LogP contribution in [0.2, 0.25) is 0 Å². The highest BCUT2D eigenvalue weighted by Gasteiger charge is 2.33. The SMILES string of the molecule is C[PH]1=NP(Cl)N(Cl)P(Cl)N1Cl. The highest BCUT2D eigenvalue weighted by atomic mass is 35.7. The Kier molecular flexibility index (Phi) is 4.70. The molecule has 0 aliphatic carbocycles. The monoisotopic (exact) mass is 291 g/mol. The Hall–Kier alpha value is 2.17. The van der Waals surface area contributed by atoms with E-state index in [1.54, 1.807) is 0 Å². The number of rotatable bonds is 0. The van der Waals surface area contributed by atoms with Crippen molar-refractivity contribution in [1.29, 1.82) is 0 Å². The molecule has 0 spiro atoms. The lowest BCUT2D eigenvalue weighted by atomic mass is 12.0. The molecule has 0 bridgehead atoms. The molecular formula is CH4Cl4N3P3. The summed E-state index contributed by atoms with van der Waals surface area (Å²) in [6, 6.07) is 0. The zero-order valence-corrected chi connectivity index (χ0v) is 11.1. The van der Waals surface area contributed by atoms with E-state index in [0.29, 0.717) is 0 Å². The van der Waals surface area contributed by atoms with Gasteiger partial charge in [0.1, 0.15) is 0 Å². The zero-order valence-electron chi connectivity index (χ0n) is 5.25. The molecule has 0 aromatic heterocycles. The number of halogens is 4. The van der Waals surface area contributed by atoms with Crippen molar-refractivity contribution in [3.63, 3.8) is 0 Å². The van der Waals surface area contributed by atoms with Crippen LogP contribution in [0.25, 0.3) is 0 Å². The van der Waals surface area contributed by atoms with E-state index < -0.39 is 23.0 Å². The standard InChI is InChI=1S/CH4Cl4N3P3/c1-9-6-10(4)8(3)11(5)7(9)2/h9H,1H3. The largest absolute Gasteiger partial charge is 0.234 e. The normalized spacial score (nSPS) is 42.1. The van der Waals surface area contributed by atoms with Crippen LogP contribution in [0, 0.1) is 0 Å². The fourth-order valence-corrected chi connectivity index (χ4v) is 9.87. The van der Waals surface area contributed by atoms with Crippen LogP contribution in [-0.2, 0) is 0 Å². The Morgan fingerprint density at radius 2 is 1.91 bits per heavy atom. The second-order valence-electron chi connectivity index (χ2n) is 1.63. The average molecular weight is 293 g/mol. The summed E-state index contributed by atoms with van der Waals surface area (Å²) in [7, 11) is -3.43. The molecule has 66 valence electrons. The molecule has 1 heterocycles. The third-order valence-electron chi connectivity index (χ3n) is 0.912. The Bertz CT molecular complexity index is 187. The third-order valence-corrected chi connectivity index (χ3v) is 12.3. The first-order valence-corrected chi connectivity index (χ1v) is 9.30. The first kappa shape index (κ1) is 11.2. The van der Waals surface area contributed by atoms with Gasteiger partial charge in [0.05, 0.1) is 0 Å². The van der Waals surface area contributed by atoms with Gasteiger partial charge in [0.2, 0.25) is 7.58 Å². The van der Waals surface area contributed by atoms with Gasteiger partial charge in [-0.05, 0) is 41.5 Å². The molecule has 11 heavy (non-hydrogen) atoms. The van der Waals surface area contributed by atoms with Crippen LogP contribution in [0.1, 0.15) is 0 Å². The third kappa shape index (κ3) is 2.56. The van der Waals surface area contributed by atoms with Crippen LogP contribution in [0.3, 0.4) is 0 Å². The van der Waals surface area contributed by atoms with Crippen LogP contribution < -0.4 is 0 Å². The van der Waals surface area contributed by atoms with Gasteiger partial charge >= 0.3 is 0 Å². The zero-order chi connectivity index (χ0) is 8.59. The highest BCUT2D eigenvalue weighted by Crippen LogP contribution is 2.75. The second-order valence-corrected chi connectivity index (χ2v) is 10.3. The van der Waals surface area contributed by atoms with E-state index in [2.05, 4.69) is 4.52 Å². The lowest BCUT2D eigenvalue weighted by Gasteiger charge is -2.31. The average Bonchev–Trinajstić information content (AvgIpc) is 1.97. The van der Waals surface area contributed by atoms with Gasteiger partial charge in [-0.15, -0.1) is 7.92 Å². The molecule has 3 nitrogen and oxygen atoms in total. The minimum absolute atomic E-state index is 1.11. The van der Waals surface area contributed by atoms with Crippen molar-refractivity contribution in [2.24, 2.45) is 4.52 Å². The van der Waals surface area contributed by atoms with E-state index in [9.17, 15) is 0 Å². The number of nitrogens with zero attached hydrogens (tertiary/aromatic N) is 3. The molecular weight excluding hydrogens is 289 g/mol. The molecule has 0 amide bonds. The van der Waals surface area contributed by atoms with Gasteiger partial charge in [-0.3, -0.25) is 0 Å². The number of hydrogen-bond acceptors (Lipinski definition) is 3. The van der Waals surface area contributed by atoms with Gasteiger partial charge in [0, 0.05) is 7.86 Å². The van der Waals surface area contributed by atoms with Crippen LogP contribution >= 0.6 is 69.1 Å². The highest BCUT2D eigenvalue weighted by molar-refractivity contribution is 8.00. The van der Waals surface area contributed by atoms with Gasteiger partial charge in [-0.1, -0.05) is 11.2 Å². The number of hydrogen-bond donors (Lipinski definition) is 0. The van der Waals surface area contributed by atoms with Gasteiger partial charge < -0.3 is 0 Å². The molecule has 10 heteroatoms. The van der Waals surface area contributed by atoms with Crippen molar-refractivity contribution < 1.29 is 0 Å². The maximum atomic E-state index is 5.86. The van der Waals surface area contributed by atoms with Gasteiger partial charge in [-0.2, -0.15) is 0 Å². The molecule has 3 atom stereocenters. The van der Waals surface area contributed by atoms with Crippen molar-refractivity contribution in [2.45, 2.75) is 0 Å². The van der Waals surface area contributed by atoms with Crippen LogP contribution in [0.4, 0.5) is 0 Å². The summed E-state index contributed by atoms with van der Waals surface area (Å²) in [6.45, 7) is 1.91. The molecule has 0 radical (unpaired) electrons. The van der Waals surface area contributed by atoms with E-state index in [1.165, 1.54) is 7.92 Å². The summed E-state index contributed by atoms with van der Waals surface area (Å²) >= 11 is 23.1. The molecule has 0 saturated heterocycles. The minimum atomic E-state index is -1.17. The first-order valence-electron chi connectivity index (χ1n) is 2.42. The Labute approximate surface area is 88.0 Å². The van der Waals surface area contributed by atoms with E-state index in [1.807, 2.05) is 6.66 Å². The summed E-state index contributed by atoms with van der Waals surface area (Å²) in [5.74, 6) is 0. The Morgan fingerprint density at radius 3 is 2.45 bits per heavy atom. The van der Waals surface area contributed by atoms with E-state index >= 15 is 0 Å². The molecule has 1 aliphatic heterocycles. The van der Waals surface area contributed by atoms with Gasteiger partial charge in [0.15, 0.2) is 7.58 Å². The smallest absolute Gasteiger partial charge is 0.208 e. The van der Waals surface area contributed by atoms with E-state index in [4.69, 9.17) is 46.0 Å². The molecule has 1 aliphatic rings. The molecule has 0 saturated carbocycles. The molecule has 0 fully saturated rings. The predicted octanol–water partition coefficient (Wildman–Crippen LogP) is 4.79. The minimum Gasteiger partial charge on any atom is -0.234 e. The Morgan fingerprint density at radius 1 is 1.36 bits per heavy atom. The van der Waals surface area contributed by atoms with Crippen molar-refractivity contribution in [3.8, 4) is 0 Å². The second kappa shape index (κ2) is 4.60. The Balaban J connectivity index is 2.83. The predicted molar refractivity (Wildman–Crippen MR) is 57.6 cm³/mol. The molecule has 1 rings (SSSR count). The van der Waals surface area contributed by atoms with Crippen LogP contribution in [-0.4, -0.2) is 14.6 Å². The topological polar surface area (TPSA) is 18.8 Å². The summed E-state index contributed by atoms with van der Waals surface area (Å²) < 4.78 is 6.91. The van der Waals surface area contributed by atoms with Crippen LogP contribution in [0.5, 0.6) is 0 Å². The van der Waals surface area contributed by atoms with Gasteiger partial charge in [-0.25, -0.2) is 4.52 Å². The van der Waals surface area contributed by atoms with E-state index in [0.717, 1.165) is 0 Å². The quantitative estimate of drug-likeness (QED) is 0.472.